The number of hydrogen-bond acceptors (Lipinski definition) is 6. The highest BCUT2D eigenvalue weighted by atomic mass is 16.2. The second kappa shape index (κ2) is 7.40. The number of nitrogens with two attached hydrogens (primary N) is 1. The van der Waals surface area contributed by atoms with Crippen LogP contribution in [0.2, 0.25) is 0 Å². The summed E-state index contributed by atoms with van der Waals surface area (Å²) in [5.74, 6) is -0.165. The van der Waals surface area contributed by atoms with Gasteiger partial charge in [-0.3, -0.25) is 9.59 Å². The lowest BCUT2D eigenvalue weighted by atomic mass is 10.0. The van der Waals surface area contributed by atoms with Gasteiger partial charge in [0, 0.05) is 36.9 Å². The standard InChI is InChI=1S/C22H23N7O2/c1-10-18(11(2)29(4)19(10)22(31)25-3)16-6-12-7-17(26-9-15(12)20(24)27-16)28-21(30)14-5-13(14)8-23/h6-7,9,13-14H,5H2,1-4H3,(H2,24,27)(H,25,31)(H,26,28,30)/t13-,14+/m0/s1. The fourth-order valence-corrected chi connectivity index (χ4v) is 4.01. The SMILES string of the molecule is CNC(=O)c1c(C)c(-c2cc3cc(NC(=O)[C@@H]4C[C@H]4C#N)ncc3c(N)n2)c(C)n1C. The number of aromatic nitrogens is 3. The molecular formula is C22H23N7O2. The first kappa shape index (κ1) is 20.3. The molecule has 3 heterocycles. The maximum atomic E-state index is 12.3. The third kappa shape index (κ3) is 3.36. The van der Waals surface area contributed by atoms with E-state index in [1.807, 2.05) is 31.5 Å². The number of hydrogen-bond donors (Lipinski definition) is 3. The zero-order chi connectivity index (χ0) is 22.4. The first-order chi connectivity index (χ1) is 14.8. The second-order valence-electron chi connectivity index (χ2n) is 7.82. The molecule has 1 saturated carbocycles. The number of nitrogens with one attached hydrogen (secondary N) is 2. The molecule has 3 aromatic heterocycles. The van der Waals surface area contributed by atoms with Crippen molar-refractivity contribution in [1.82, 2.24) is 19.9 Å². The maximum absolute atomic E-state index is 12.3. The van der Waals surface area contributed by atoms with E-state index in [0.717, 1.165) is 22.2 Å². The van der Waals surface area contributed by atoms with Gasteiger partial charge in [0.25, 0.3) is 5.91 Å². The molecule has 1 aliphatic rings. The molecule has 9 nitrogen and oxygen atoms in total. The highest BCUT2D eigenvalue weighted by Gasteiger charge is 2.43. The van der Waals surface area contributed by atoms with E-state index < -0.39 is 0 Å². The van der Waals surface area contributed by atoms with Gasteiger partial charge < -0.3 is 20.9 Å². The molecule has 9 heteroatoms. The van der Waals surface area contributed by atoms with Crippen LogP contribution in [0.15, 0.2) is 18.3 Å². The number of anilines is 2. The van der Waals surface area contributed by atoms with Crippen molar-refractivity contribution in [2.75, 3.05) is 18.1 Å². The number of nitriles is 1. The smallest absolute Gasteiger partial charge is 0.267 e. The number of nitrogen functional groups attached to an aromatic ring is 1. The highest BCUT2D eigenvalue weighted by molar-refractivity contribution is 6.00. The number of fused-ring (bicyclic) bond motifs is 1. The van der Waals surface area contributed by atoms with Gasteiger partial charge in [-0.05, 0) is 43.4 Å². The molecule has 0 radical (unpaired) electrons. The summed E-state index contributed by atoms with van der Waals surface area (Å²) in [5, 5.41) is 15.8. The van der Waals surface area contributed by atoms with E-state index in [0.29, 0.717) is 34.8 Å². The largest absolute Gasteiger partial charge is 0.383 e. The molecule has 3 aromatic rings. The summed E-state index contributed by atoms with van der Waals surface area (Å²) in [6.45, 7) is 3.81. The van der Waals surface area contributed by atoms with E-state index in [4.69, 9.17) is 11.0 Å². The molecule has 31 heavy (non-hydrogen) atoms. The van der Waals surface area contributed by atoms with Crippen LogP contribution < -0.4 is 16.4 Å². The van der Waals surface area contributed by atoms with Crippen molar-refractivity contribution in [3.8, 4) is 17.3 Å². The summed E-state index contributed by atoms with van der Waals surface area (Å²) in [5.41, 5.74) is 9.95. The first-order valence-electron chi connectivity index (χ1n) is 9.91. The Morgan fingerprint density at radius 3 is 2.71 bits per heavy atom. The van der Waals surface area contributed by atoms with Crippen molar-refractivity contribution in [3.63, 3.8) is 0 Å². The van der Waals surface area contributed by atoms with Gasteiger partial charge in [-0.15, -0.1) is 0 Å². The van der Waals surface area contributed by atoms with E-state index in [-0.39, 0.29) is 23.7 Å². The normalized spacial score (nSPS) is 17.3. The summed E-state index contributed by atoms with van der Waals surface area (Å²) in [6.07, 6.45) is 2.16. The number of amides is 2. The zero-order valence-corrected chi connectivity index (χ0v) is 17.8. The average molecular weight is 417 g/mol. The Balaban J connectivity index is 1.76. The van der Waals surface area contributed by atoms with Crippen LogP contribution >= 0.6 is 0 Å². The van der Waals surface area contributed by atoms with Gasteiger partial charge in [0.1, 0.15) is 17.3 Å². The molecule has 2 atom stereocenters. The van der Waals surface area contributed by atoms with Crippen LogP contribution in [0.25, 0.3) is 22.0 Å². The Kier molecular flexibility index (Phi) is 4.85. The topological polar surface area (TPSA) is 139 Å². The number of pyridine rings is 2. The van der Waals surface area contributed by atoms with E-state index in [1.165, 1.54) is 0 Å². The van der Waals surface area contributed by atoms with E-state index >= 15 is 0 Å². The van der Waals surface area contributed by atoms with Crippen molar-refractivity contribution in [2.24, 2.45) is 18.9 Å². The van der Waals surface area contributed by atoms with E-state index in [2.05, 4.69) is 26.7 Å². The Labute approximate surface area is 179 Å². The van der Waals surface area contributed by atoms with Gasteiger partial charge in [-0.25, -0.2) is 9.97 Å². The highest BCUT2D eigenvalue weighted by Crippen LogP contribution is 2.39. The van der Waals surface area contributed by atoms with Crippen molar-refractivity contribution >= 4 is 34.2 Å². The molecule has 0 saturated heterocycles. The van der Waals surface area contributed by atoms with Crippen molar-refractivity contribution in [1.29, 1.82) is 5.26 Å². The number of nitrogens with zero attached hydrogens (tertiary/aromatic N) is 4. The summed E-state index contributed by atoms with van der Waals surface area (Å²) in [6, 6.07) is 5.73. The molecule has 2 amide bonds. The van der Waals surface area contributed by atoms with E-state index in [1.54, 1.807) is 19.3 Å². The predicted octanol–water partition coefficient (Wildman–Crippen LogP) is 2.29. The first-order valence-corrected chi connectivity index (χ1v) is 9.91. The van der Waals surface area contributed by atoms with Gasteiger partial charge in [-0.1, -0.05) is 0 Å². The fraction of sp³-hybridized carbons (Fsp3) is 0.318. The lowest BCUT2D eigenvalue weighted by molar-refractivity contribution is -0.117. The molecule has 0 unspecified atom stereocenters. The van der Waals surface area contributed by atoms with Crippen molar-refractivity contribution in [2.45, 2.75) is 20.3 Å². The van der Waals surface area contributed by atoms with Gasteiger partial charge in [-0.2, -0.15) is 5.26 Å². The molecule has 0 spiro atoms. The van der Waals surface area contributed by atoms with Gasteiger partial charge >= 0.3 is 0 Å². The lowest BCUT2D eigenvalue weighted by Crippen LogP contribution is -2.21. The molecule has 1 aliphatic carbocycles. The van der Waals surface area contributed by atoms with Crippen LogP contribution in [0, 0.1) is 37.0 Å². The van der Waals surface area contributed by atoms with Gasteiger partial charge in [0.15, 0.2) is 0 Å². The van der Waals surface area contributed by atoms with Gasteiger partial charge in [0.05, 0.1) is 23.6 Å². The summed E-state index contributed by atoms with van der Waals surface area (Å²) in [4.78, 5) is 33.4. The number of carbonyl (C=O) groups is 2. The number of carbonyl (C=O) groups excluding carboxylic acids is 2. The van der Waals surface area contributed by atoms with Crippen LogP contribution in [0.5, 0.6) is 0 Å². The molecular weight excluding hydrogens is 394 g/mol. The van der Waals surface area contributed by atoms with Crippen LogP contribution in [-0.2, 0) is 11.8 Å². The molecule has 0 aromatic carbocycles. The Bertz CT molecular complexity index is 1290. The average Bonchev–Trinajstić information content (AvgIpc) is 3.49. The third-order valence-electron chi connectivity index (χ3n) is 5.92. The third-order valence-corrected chi connectivity index (χ3v) is 5.92. The Morgan fingerprint density at radius 1 is 1.32 bits per heavy atom. The quantitative estimate of drug-likeness (QED) is 0.595. The molecule has 4 N–H and O–H groups in total. The summed E-state index contributed by atoms with van der Waals surface area (Å²) >= 11 is 0. The van der Waals surface area contributed by atoms with Crippen LogP contribution in [0.4, 0.5) is 11.6 Å². The Morgan fingerprint density at radius 2 is 2.06 bits per heavy atom. The lowest BCUT2D eigenvalue weighted by Gasteiger charge is -2.10. The molecule has 0 aliphatic heterocycles. The van der Waals surface area contributed by atoms with Crippen LogP contribution in [0.3, 0.4) is 0 Å². The Hall–Kier alpha value is -3.93. The minimum atomic E-state index is -0.279. The molecule has 158 valence electrons. The maximum Gasteiger partial charge on any atom is 0.267 e. The summed E-state index contributed by atoms with van der Waals surface area (Å²) in [7, 11) is 3.43. The van der Waals surface area contributed by atoms with Crippen molar-refractivity contribution < 1.29 is 9.59 Å². The predicted molar refractivity (Wildman–Crippen MR) is 117 cm³/mol. The van der Waals surface area contributed by atoms with Crippen molar-refractivity contribution in [3.05, 3.63) is 35.3 Å². The van der Waals surface area contributed by atoms with Crippen LogP contribution in [-0.4, -0.2) is 33.4 Å². The van der Waals surface area contributed by atoms with Crippen LogP contribution in [0.1, 0.15) is 28.2 Å². The summed E-state index contributed by atoms with van der Waals surface area (Å²) < 4.78 is 1.84. The monoisotopic (exact) mass is 417 g/mol. The molecule has 0 bridgehead atoms. The minimum absolute atomic E-state index is 0.173. The molecule has 4 rings (SSSR count). The minimum Gasteiger partial charge on any atom is -0.383 e. The van der Waals surface area contributed by atoms with Gasteiger partial charge in [0.2, 0.25) is 5.91 Å². The molecule has 1 fully saturated rings. The fourth-order valence-electron chi connectivity index (χ4n) is 4.01. The second-order valence-corrected chi connectivity index (χ2v) is 7.82. The van der Waals surface area contributed by atoms with E-state index in [9.17, 15) is 9.59 Å². The zero-order valence-electron chi connectivity index (χ0n) is 17.8. The number of rotatable bonds is 4.